The number of hydrogen-bond donors (Lipinski definition) is 4. The van der Waals surface area contributed by atoms with Crippen LogP contribution in [0.1, 0.15) is 71.6 Å². The number of rotatable bonds is 9. The van der Waals surface area contributed by atoms with E-state index in [2.05, 4.69) is 10.3 Å². The second kappa shape index (κ2) is 15.7. The zero-order valence-corrected chi connectivity index (χ0v) is 26.1. The lowest BCUT2D eigenvalue weighted by Crippen LogP contribution is -2.40. The Morgan fingerprint density at radius 1 is 1.23 bits per heavy atom. The van der Waals surface area contributed by atoms with Crippen LogP contribution >= 0.6 is 0 Å². The Labute approximate surface area is 254 Å². The van der Waals surface area contributed by atoms with Crippen LogP contribution in [0.15, 0.2) is 47.6 Å². The van der Waals surface area contributed by atoms with Crippen molar-refractivity contribution < 1.29 is 29.3 Å². The third-order valence-corrected chi connectivity index (χ3v) is 8.24. The molecule has 0 spiro atoms. The van der Waals surface area contributed by atoms with E-state index in [0.717, 1.165) is 16.7 Å². The summed E-state index contributed by atoms with van der Waals surface area (Å²) in [5.74, 6) is -0.378. The molecule has 1 aliphatic rings. The van der Waals surface area contributed by atoms with Crippen LogP contribution in [-0.2, 0) is 20.7 Å². The summed E-state index contributed by atoms with van der Waals surface area (Å²) < 4.78 is 10.6. The number of aromatic hydroxyl groups is 1. The number of aliphatic imine (C=N–C) groups is 1. The quantitative estimate of drug-likeness (QED) is 0.255. The molecule has 0 radical (unpaired) electrons. The van der Waals surface area contributed by atoms with E-state index in [-0.39, 0.29) is 54.0 Å². The molecular weight excluding hydrogens is 548 g/mol. The third-order valence-electron chi connectivity index (χ3n) is 8.24. The van der Waals surface area contributed by atoms with Crippen molar-refractivity contribution >= 4 is 23.2 Å². The number of nitrogens with two attached hydrogens (primary N) is 1. The summed E-state index contributed by atoms with van der Waals surface area (Å²) in [4.78, 5) is 32.3. The van der Waals surface area contributed by atoms with Gasteiger partial charge in [0.05, 0.1) is 24.4 Å². The van der Waals surface area contributed by atoms with Gasteiger partial charge in [-0.15, -0.1) is 0 Å². The molecule has 2 unspecified atom stereocenters. The first-order valence-corrected chi connectivity index (χ1v) is 14.7. The number of nitrogens with zero attached hydrogens (tertiary/aromatic N) is 2. The zero-order chi connectivity index (χ0) is 31.7. The second-order valence-electron chi connectivity index (χ2n) is 11.2. The van der Waals surface area contributed by atoms with E-state index in [4.69, 9.17) is 15.2 Å². The average molecular weight is 595 g/mol. The maximum absolute atomic E-state index is 13.2. The number of aryl methyl sites for hydroxylation is 1. The van der Waals surface area contributed by atoms with E-state index in [1.165, 1.54) is 13.3 Å². The number of Topliss-reactive ketones (excluding diaryl/α,β-unsaturated/α-hetero) is 1. The second-order valence-corrected chi connectivity index (χ2v) is 11.2. The highest BCUT2D eigenvalue weighted by Crippen LogP contribution is 2.36. The Balaban J connectivity index is 1.71. The highest BCUT2D eigenvalue weighted by molar-refractivity contribution is 6.19. The number of benzene rings is 2. The minimum Gasteiger partial charge on any atom is -0.507 e. The van der Waals surface area contributed by atoms with Gasteiger partial charge in [0.2, 0.25) is 5.90 Å². The van der Waals surface area contributed by atoms with Crippen molar-refractivity contribution in [3.63, 3.8) is 0 Å². The Bertz CT molecular complexity index is 1320. The van der Waals surface area contributed by atoms with Crippen LogP contribution < -0.4 is 11.1 Å². The molecule has 10 nitrogen and oxygen atoms in total. The number of phenols is 1. The predicted molar refractivity (Wildman–Crippen MR) is 168 cm³/mol. The molecule has 1 amide bonds. The van der Waals surface area contributed by atoms with E-state index in [9.17, 15) is 19.8 Å². The number of ketones is 1. The summed E-state index contributed by atoms with van der Waals surface area (Å²) in [6.07, 6.45) is 1.96. The minimum absolute atomic E-state index is 0.0376. The third kappa shape index (κ3) is 8.65. The van der Waals surface area contributed by atoms with E-state index < -0.39 is 6.10 Å². The maximum Gasteiger partial charge on any atom is 0.255 e. The van der Waals surface area contributed by atoms with Crippen molar-refractivity contribution in [2.45, 2.75) is 70.7 Å². The van der Waals surface area contributed by atoms with Crippen LogP contribution in [0.4, 0.5) is 0 Å². The highest BCUT2D eigenvalue weighted by Gasteiger charge is 2.30. The van der Waals surface area contributed by atoms with Crippen molar-refractivity contribution in [2.75, 3.05) is 34.4 Å². The van der Waals surface area contributed by atoms with Gasteiger partial charge in [0.15, 0.2) is 0 Å². The summed E-state index contributed by atoms with van der Waals surface area (Å²) in [5.41, 5.74) is 9.93. The number of carbonyl (C=O) groups excluding carboxylic acids is 2. The number of aliphatic hydroxyl groups is 1. The van der Waals surface area contributed by atoms with E-state index >= 15 is 0 Å². The monoisotopic (exact) mass is 594 g/mol. The topological polar surface area (TPSA) is 147 Å². The number of nitrogens with one attached hydrogen (secondary N) is 1. The Kier molecular flexibility index (Phi) is 12.3. The Morgan fingerprint density at radius 2 is 1.93 bits per heavy atom. The molecule has 0 aliphatic carbocycles. The van der Waals surface area contributed by atoms with Gasteiger partial charge >= 0.3 is 0 Å². The van der Waals surface area contributed by atoms with E-state index in [0.29, 0.717) is 43.0 Å². The van der Waals surface area contributed by atoms with Crippen LogP contribution in [0, 0.1) is 6.92 Å². The molecule has 1 fully saturated rings. The molecule has 3 rings (SSSR count). The number of hydrogen-bond acceptors (Lipinski definition) is 9. The van der Waals surface area contributed by atoms with Crippen LogP contribution in [0.25, 0.3) is 5.57 Å². The van der Waals surface area contributed by atoms with Gasteiger partial charge in [-0.2, -0.15) is 0 Å². The SMILES string of the molecule is COC(=N/C(C)OC)/C(=C\N)c1ccc(CCNC(=O)c2ccc(C)c(C3CC(=O)CC[C@@H](O)[C@@H](C)N(C)C3)c2O)cc1. The molecule has 43 heavy (non-hydrogen) atoms. The maximum atomic E-state index is 13.2. The summed E-state index contributed by atoms with van der Waals surface area (Å²) in [6, 6.07) is 11.0. The van der Waals surface area contributed by atoms with Crippen molar-refractivity contribution in [1.29, 1.82) is 0 Å². The molecule has 0 saturated carbocycles. The number of ether oxygens (including phenoxy) is 2. The number of methoxy groups -OCH3 is 2. The molecule has 10 heteroatoms. The molecule has 1 saturated heterocycles. The Morgan fingerprint density at radius 3 is 2.56 bits per heavy atom. The van der Waals surface area contributed by atoms with Crippen molar-refractivity contribution in [3.05, 3.63) is 70.4 Å². The lowest BCUT2D eigenvalue weighted by molar-refractivity contribution is -0.119. The molecule has 0 aromatic heterocycles. The average Bonchev–Trinajstić information content (AvgIpc) is 3.03. The van der Waals surface area contributed by atoms with Gasteiger partial charge in [0, 0.05) is 56.8 Å². The van der Waals surface area contributed by atoms with Gasteiger partial charge in [-0.25, -0.2) is 4.99 Å². The first-order valence-electron chi connectivity index (χ1n) is 14.7. The molecule has 4 atom stereocenters. The van der Waals surface area contributed by atoms with Gasteiger partial charge < -0.3 is 35.6 Å². The summed E-state index contributed by atoms with van der Waals surface area (Å²) in [5, 5.41) is 24.6. The summed E-state index contributed by atoms with van der Waals surface area (Å²) in [7, 11) is 5.00. The standard InChI is InChI=1S/C33H46N4O6/c1-20-7-13-27(31(40)30(20)25-17-26(38)12-14-29(39)21(2)37(4)19-25)32(41)35-16-15-23-8-10-24(11-9-23)28(18-34)33(43-6)36-22(3)42-5/h7-11,13,18,21-22,25,29,39-40H,12,14-17,19,34H2,1-6H3,(H,35,41)/b28-18-,36-33+/t21-,22?,25?,29-/m1/s1. The van der Waals surface area contributed by atoms with Gasteiger partial charge in [0.1, 0.15) is 17.8 Å². The fourth-order valence-corrected chi connectivity index (χ4v) is 5.41. The molecule has 2 aromatic carbocycles. The zero-order valence-electron chi connectivity index (χ0n) is 26.1. The lowest BCUT2D eigenvalue weighted by Gasteiger charge is -2.31. The normalized spacial score (nSPS) is 21.5. The molecular formula is C33H46N4O6. The van der Waals surface area contributed by atoms with Gasteiger partial charge in [-0.3, -0.25) is 9.59 Å². The molecule has 5 N–H and O–H groups in total. The number of aliphatic hydroxyl groups excluding tert-OH is 1. The lowest BCUT2D eigenvalue weighted by atomic mass is 9.87. The van der Waals surface area contributed by atoms with E-state index in [1.54, 1.807) is 20.1 Å². The van der Waals surface area contributed by atoms with Crippen molar-refractivity contribution in [1.82, 2.24) is 10.2 Å². The number of likely N-dealkylation sites (N-methyl/N-ethyl adjacent to an activating group) is 1. The number of phenolic OH excluding ortho intramolecular Hbond substituents is 1. The molecule has 1 heterocycles. The molecule has 0 bridgehead atoms. The smallest absolute Gasteiger partial charge is 0.255 e. The van der Waals surface area contributed by atoms with Gasteiger partial charge in [-0.1, -0.05) is 30.3 Å². The Hall–Kier alpha value is -3.73. The van der Waals surface area contributed by atoms with Crippen LogP contribution in [0.3, 0.4) is 0 Å². The van der Waals surface area contributed by atoms with Gasteiger partial charge in [-0.05, 0) is 63.4 Å². The summed E-state index contributed by atoms with van der Waals surface area (Å²) >= 11 is 0. The van der Waals surface area contributed by atoms with E-state index in [1.807, 2.05) is 56.1 Å². The molecule has 2 aromatic rings. The minimum atomic E-state index is -0.601. The highest BCUT2D eigenvalue weighted by atomic mass is 16.5. The molecule has 234 valence electrons. The first-order chi connectivity index (χ1) is 20.5. The van der Waals surface area contributed by atoms with Crippen molar-refractivity contribution in [2.24, 2.45) is 10.7 Å². The number of amides is 1. The van der Waals surface area contributed by atoms with Crippen LogP contribution in [0.5, 0.6) is 5.75 Å². The van der Waals surface area contributed by atoms with Crippen LogP contribution in [-0.4, -0.2) is 85.4 Å². The van der Waals surface area contributed by atoms with Crippen LogP contribution in [0.2, 0.25) is 0 Å². The fraction of sp³-hybridized carbons (Fsp3) is 0.485. The van der Waals surface area contributed by atoms with Gasteiger partial charge in [0.25, 0.3) is 5.91 Å². The van der Waals surface area contributed by atoms with Crippen molar-refractivity contribution in [3.8, 4) is 5.75 Å². The number of carbonyl (C=O) groups is 2. The molecule has 1 aliphatic heterocycles. The first kappa shape index (κ1) is 33.8. The summed E-state index contributed by atoms with van der Waals surface area (Å²) in [6.45, 7) is 6.44. The largest absolute Gasteiger partial charge is 0.507 e. The predicted octanol–water partition coefficient (Wildman–Crippen LogP) is 3.53. The fourth-order valence-electron chi connectivity index (χ4n) is 5.41.